The van der Waals surface area contributed by atoms with Crippen molar-refractivity contribution in [2.45, 2.75) is 12.6 Å². The highest BCUT2D eigenvalue weighted by Crippen LogP contribution is 2.32. The highest BCUT2D eigenvalue weighted by atomic mass is 16.7. The largest absolute Gasteiger partial charge is 0.454 e. The highest BCUT2D eigenvalue weighted by molar-refractivity contribution is 5.74. The summed E-state index contributed by atoms with van der Waals surface area (Å²) in [5.74, 6) is 1.48. The second-order valence-electron chi connectivity index (χ2n) is 6.62. The fourth-order valence-corrected chi connectivity index (χ4v) is 2.98. The Morgan fingerprint density at radius 3 is 2.54 bits per heavy atom. The minimum absolute atomic E-state index is 0.106. The average Bonchev–Trinajstić information content (AvgIpc) is 3.10. The summed E-state index contributed by atoms with van der Waals surface area (Å²) >= 11 is 0. The molecule has 0 bridgehead atoms. The number of nitrogens with zero attached hydrogens (tertiary/aromatic N) is 2. The molecule has 2 aromatic rings. The zero-order valence-electron chi connectivity index (χ0n) is 15.4. The van der Waals surface area contributed by atoms with Gasteiger partial charge >= 0.3 is 6.03 Å². The molecule has 1 heterocycles. The van der Waals surface area contributed by atoms with Gasteiger partial charge in [-0.1, -0.05) is 36.4 Å². The first-order chi connectivity index (χ1) is 12.5. The summed E-state index contributed by atoms with van der Waals surface area (Å²) in [5, 5.41) is 3.02. The van der Waals surface area contributed by atoms with Gasteiger partial charge in [0.05, 0.1) is 6.04 Å². The van der Waals surface area contributed by atoms with Crippen LogP contribution in [0.3, 0.4) is 0 Å². The maximum atomic E-state index is 12.5. The summed E-state index contributed by atoms with van der Waals surface area (Å²) in [6, 6.07) is 15.9. The van der Waals surface area contributed by atoms with Crippen molar-refractivity contribution >= 4 is 6.03 Å². The van der Waals surface area contributed by atoms with Crippen molar-refractivity contribution in [3.05, 3.63) is 59.7 Å². The van der Waals surface area contributed by atoms with E-state index in [2.05, 4.69) is 22.3 Å². The molecule has 1 aliphatic heterocycles. The average molecular weight is 355 g/mol. The van der Waals surface area contributed by atoms with Crippen LogP contribution in [0.5, 0.6) is 11.5 Å². The van der Waals surface area contributed by atoms with E-state index in [1.807, 2.05) is 50.5 Å². The molecular formula is C20H25N3O3. The molecule has 0 radical (unpaired) electrons. The van der Waals surface area contributed by atoms with Crippen molar-refractivity contribution in [3.8, 4) is 11.5 Å². The predicted octanol–water partition coefficient (Wildman–Crippen LogP) is 2.86. The summed E-state index contributed by atoms with van der Waals surface area (Å²) in [6.07, 6.45) is 0. The fourth-order valence-electron chi connectivity index (χ4n) is 2.98. The lowest BCUT2D eigenvalue weighted by Gasteiger charge is -2.26. The van der Waals surface area contributed by atoms with E-state index in [-0.39, 0.29) is 18.9 Å². The number of hydrogen-bond acceptors (Lipinski definition) is 4. The maximum absolute atomic E-state index is 12.5. The Morgan fingerprint density at radius 2 is 1.81 bits per heavy atom. The molecule has 26 heavy (non-hydrogen) atoms. The van der Waals surface area contributed by atoms with Crippen LogP contribution >= 0.6 is 0 Å². The van der Waals surface area contributed by atoms with Crippen molar-refractivity contribution in [1.29, 1.82) is 0 Å². The third kappa shape index (κ3) is 4.26. The van der Waals surface area contributed by atoms with Crippen LogP contribution in [0.2, 0.25) is 0 Å². The van der Waals surface area contributed by atoms with Crippen LogP contribution in [0.1, 0.15) is 17.2 Å². The molecule has 0 fully saturated rings. The number of amides is 2. The van der Waals surface area contributed by atoms with Crippen LogP contribution in [0.15, 0.2) is 48.5 Å². The number of carbonyl (C=O) groups is 1. The van der Waals surface area contributed by atoms with E-state index in [0.29, 0.717) is 13.1 Å². The first-order valence-electron chi connectivity index (χ1n) is 8.63. The van der Waals surface area contributed by atoms with Gasteiger partial charge in [-0.2, -0.15) is 0 Å². The van der Waals surface area contributed by atoms with Crippen molar-refractivity contribution in [1.82, 2.24) is 15.1 Å². The molecule has 0 aromatic heterocycles. The number of fused-ring (bicyclic) bond motifs is 1. The van der Waals surface area contributed by atoms with Crippen LogP contribution in [0.4, 0.5) is 4.79 Å². The van der Waals surface area contributed by atoms with Gasteiger partial charge in [0.1, 0.15) is 0 Å². The van der Waals surface area contributed by atoms with Gasteiger partial charge in [0.15, 0.2) is 11.5 Å². The van der Waals surface area contributed by atoms with Crippen molar-refractivity contribution < 1.29 is 14.3 Å². The second-order valence-corrected chi connectivity index (χ2v) is 6.62. The summed E-state index contributed by atoms with van der Waals surface area (Å²) in [4.78, 5) is 16.2. The minimum atomic E-state index is -0.106. The number of likely N-dealkylation sites (N-methyl/N-ethyl adjacent to an activating group) is 1. The molecule has 138 valence electrons. The molecule has 0 saturated heterocycles. The molecule has 1 aliphatic rings. The van der Waals surface area contributed by atoms with Crippen LogP contribution in [0, 0.1) is 0 Å². The van der Waals surface area contributed by atoms with E-state index in [4.69, 9.17) is 9.47 Å². The zero-order valence-corrected chi connectivity index (χ0v) is 15.4. The molecule has 2 aromatic carbocycles. The standard InChI is InChI=1S/C20H25N3O3/c1-22(2)17(16-7-5-4-6-8-16)12-21-20(24)23(3)13-15-9-10-18-19(11-15)26-14-25-18/h4-11,17H,12-14H2,1-3H3,(H,21,24). The van der Waals surface area contributed by atoms with Crippen LogP contribution < -0.4 is 14.8 Å². The Morgan fingerprint density at radius 1 is 1.08 bits per heavy atom. The third-order valence-corrected chi connectivity index (χ3v) is 4.46. The normalized spacial score (nSPS) is 13.5. The second kappa shape index (κ2) is 8.10. The maximum Gasteiger partial charge on any atom is 0.317 e. The molecule has 0 spiro atoms. The number of carbonyl (C=O) groups excluding carboxylic acids is 1. The predicted molar refractivity (Wildman–Crippen MR) is 100 cm³/mol. The van der Waals surface area contributed by atoms with Crippen molar-refractivity contribution in [2.75, 3.05) is 34.5 Å². The monoisotopic (exact) mass is 355 g/mol. The minimum Gasteiger partial charge on any atom is -0.454 e. The lowest BCUT2D eigenvalue weighted by Crippen LogP contribution is -2.41. The van der Waals surface area contributed by atoms with Crippen molar-refractivity contribution in [3.63, 3.8) is 0 Å². The number of benzene rings is 2. The van der Waals surface area contributed by atoms with Gasteiger partial charge in [0, 0.05) is 20.1 Å². The number of rotatable bonds is 6. The molecule has 0 aliphatic carbocycles. The van der Waals surface area contributed by atoms with Gasteiger partial charge in [-0.05, 0) is 37.4 Å². The quantitative estimate of drug-likeness (QED) is 0.866. The topological polar surface area (TPSA) is 54.0 Å². The smallest absolute Gasteiger partial charge is 0.317 e. The van der Waals surface area contributed by atoms with Gasteiger partial charge in [-0.15, -0.1) is 0 Å². The van der Waals surface area contributed by atoms with Gasteiger partial charge in [-0.25, -0.2) is 4.79 Å². The summed E-state index contributed by atoms with van der Waals surface area (Å²) in [6.45, 7) is 1.29. The lowest BCUT2D eigenvalue weighted by atomic mass is 10.1. The lowest BCUT2D eigenvalue weighted by molar-refractivity contribution is 0.174. The van der Waals surface area contributed by atoms with Gasteiger partial charge < -0.3 is 24.6 Å². The number of ether oxygens (including phenoxy) is 2. The SMILES string of the molecule is CN(Cc1ccc2c(c1)OCO2)C(=O)NCC(c1ccccc1)N(C)C. The molecule has 1 unspecified atom stereocenters. The van der Waals surface area contributed by atoms with E-state index < -0.39 is 0 Å². The summed E-state index contributed by atoms with van der Waals surface area (Å²) in [7, 11) is 5.81. The fraction of sp³-hybridized carbons (Fsp3) is 0.350. The molecular weight excluding hydrogens is 330 g/mol. The van der Waals surface area contributed by atoms with Gasteiger partial charge in [0.2, 0.25) is 6.79 Å². The van der Waals surface area contributed by atoms with Gasteiger partial charge in [-0.3, -0.25) is 0 Å². The molecule has 2 amide bonds. The number of hydrogen-bond donors (Lipinski definition) is 1. The number of urea groups is 1. The van der Waals surface area contributed by atoms with E-state index in [9.17, 15) is 4.79 Å². The van der Waals surface area contributed by atoms with E-state index in [1.165, 1.54) is 5.56 Å². The van der Waals surface area contributed by atoms with E-state index in [0.717, 1.165) is 17.1 Å². The summed E-state index contributed by atoms with van der Waals surface area (Å²) in [5.41, 5.74) is 2.18. The molecule has 1 atom stereocenters. The first kappa shape index (κ1) is 18.1. The van der Waals surface area contributed by atoms with Crippen LogP contribution in [-0.2, 0) is 6.54 Å². The Kier molecular flexibility index (Phi) is 5.63. The molecule has 6 heteroatoms. The highest BCUT2D eigenvalue weighted by Gasteiger charge is 2.18. The Balaban J connectivity index is 1.56. The van der Waals surface area contributed by atoms with E-state index in [1.54, 1.807) is 11.9 Å². The molecule has 6 nitrogen and oxygen atoms in total. The molecule has 3 rings (SSSR count). The van der Waals surface area contributed by atoms with Gasteiger partial charge in [0.25, 0.3) is 0 Å². The Hall–Kier alpha value is -2.73. The van der Waals surface area contributed by atoms with Crippen molar-refractivity contribution in [2.24, 2.45) is 0 Å². The Bertz CT molecular complexity index is 749. The Labute approximate surface area is 154 Å². The van der Waals surface area contributed by atoms with E-state index >= 15 is 0 Å². The summed E-state index contributed by atoms with van der Waals surface area (Å²) < 4.78 is 10.7. The first-order valence-corrected chi connectivity index (χ1v) is 8.63. The van der Waals surface area contributed by atoms with Crippen LogP contribution in [-0.4, -0.2) is 50.3 Å². The number of nitrogens with one attached hydrogen (secondary N) is 1. The molecule has 1 N–H and O–H groups in total. The third-order valence-electron chi connectivity index (χ3n) is 4.46. The zero-order chi connectivity index (χ0) is 18.5. The van der Waals surface area contributed by atoms with Crippen LogP contribution in [0.25, 0.3) is 0 Å². The molecule has 0 saturated carbocycles.